The van der Waals surface area contributed by atoms with Gasteiger partial charge in [-0.15, -0.1) is 6.58 Å². The molecule has 0 atom stereocenters. The first kappa shape index (κ1) is 13.4. The van der Waals surface area contributed by atoms with Crippen LogP contribution in [-0.4, -0.2) is 8.07 Å². The Kier molecular flexibility index (Phi) is 7.49. The van der Waals surface area contributed by atoms with Crippen LogP contribution >= 0.6 is 0 Å². The summed E-state index contributed by atoms with van der Waals surface area (Å²) in [7, 11) is -0.872. The van der Waals surface area contributed by atoms with E-state index in [0.29, 0.717) is 0 Å². The summed E-state index contributed by atoms with van der Waals surface area (Å²) in [5.74, 6) is 0. The van der Waals surface area contributed by atoms with Crippen molar-refractivity contribution in [2.24, 2.45) is 0 Å². The summed E-state index contributed by atoms with van der Waals surface area (Å²) in [5.41, 5.74) is 0. The minimum absolute atomic E-state index is 0.872. The van der Waals surface area contributed by atoms with E-state index < -0.39 is 8.07 Å². The van der Waals surface area contributed by atoms with Crippen molar-refractivity contribution in [1.82, 2.24) is 0 Å². The van der Waals surface area contributed by atoms with E-state index in [2.05, 4.69) is 50.5 Å². The summed E-state index contributed by atoms with van der Waals surface area (Å²) >= 11 is 0. The third kappa shape index (κ3) is 11.4. The molecule has 14 heavy (non-hydrogen) atoms. The summed E-state index contributed by atoms with van der Waals surface area (Å²) in [6, 6.07) is 1.28. The summed E-state index contributed by atoms with van der Waals surface area (Å²) in [6.45, 7) is 10.9. The summed E-state index contributed by atoms with van der Waals surface area (Å²) in [6.07, 6.45) is 14.4. The molecule has 0 aliphatic carbocycles. The lowest BCUT2D eigenvalue weighted by atomic mass is 10.2. The Bertz CT molecular complexity index is 194. The van der Waals surface area contributed by atoms with E-state index in [0.717, 1.165) is 6.42 Å². The molecule has 0 heterocycles. The van der Waals surface area contributed by atoms with Crippen molar-refractivity contribution in [1.29, 1.82) is 0 Å². The third-order valence-corrected chi connectivity index (χ3v) is 3.35. The first-order valence-electron chi connectivity index (χ1n) is 5.49. The van der Waals surface area contributed by atoms with Gasteiger partial charge in [-0.05, 0) is 25.3 Å². The van der Waals surface area contributed by atoms with Crippen molar-refractivity contribution in [3.8, 4) is 0 Å². The van der Waals surface area contributed by atoms with Gasteiger partial charge in [-0.1, -0.05) is 50.0 Å². The molecule has 0 rings (SSSR count). The predicted octanol–water partition coefficient (Wildman–Crippen LogP) is 4.79. The van der Waals surface area contributed by atoms with Crippen LogP contribution in [0.3, 0.4) is 0 Å². The Morgan fingerprint density at radius 2 is 1.64 bits per heavy atom. The van der Waals surface area contributed by atoms with Gasteiger partial charge in [0.05, 0.1) is 0 Å². The van der Waals surface area contributed by atoms with Crippen LogP contribution in [0.2, 0.25) is 25.7 Å². The lowest BCUT2D eigenvalue weighted by Gasteiger charge is -2.10. The molecule has 0 spiro atoms. The molecule has 0 fully saturated rings. The Morgan fingerprint density at radius 3 is 2.21 bits per heavy atom. The van der Waals surface area contributed by atoms with Gasteiger partial charge in [0.15, 0.2) is 0 Å². The van der Waals surface area contributed by atoms with Crippen LogP contribution in [0.15, 0.2) is 37.0 Å². The number of allylic oxidation sites excluding steroid dienone is 5. The molecule has 0 N–H and O–H groups in total. The van der Waals surface area contributed by atoms with E-state index >= 15 is 0 Å². The quantitative estimate of drug-likeness (QED) is 0.244. The van der Waals surface area contributed by atoms with Crippen LogP contribution in [0.1, 0.15) is 19.3 Å². The van der Waals surface area contributed by atoms with Crippen molar-refractivity contribution < 1.29 is 0 Å². The van der Waals surface area contributed by atoms with Crippen molar-refractivity contribution in [2.45, 2.75) is 44.9 Å². The maximum Gasteiger partial charge on any atom is 0.0480 e. The van der Waals surface area contributed by atoms with Crippen molar-refractivity contribution in [3.05, 3.63) is 37.0 Å². The molecule has 0 aliphatic rings. The molecule has 0 radical (unpaired) electrons. The highest BCUT2D eigenvalue weighted by molar-refractivity contribution is 6.76. The SMILES string of the molecule is C=CCCC/C=C/C=C/C[Si](C)(C)C. The molecule has 0 bridgehead atoms. The fraction of sp³-hybridized carbons (Fsp3) is 0.538. The van der Waals surface area contributed by atoms with Crippen molar-refractivity contribution in [2.75, 3.05) is 0 Å². The highest BCUT2D eigenvalue weighted by Gasteiger charge is 2.08. The number of hydrogen-bond acceptors (Lipinski definition) is 0. The van der Waals surface area contributed by atoms with Crippen LogP contribution in [0.5, 0.6) is 0 Å². The minimum Gasteiger partial charge on any atom is -0.103 e. The van der Waals surface area contributed by atoms with Gasteiger partial charge in [-0.25, -0.2) is 0 Å². The standard InChI is InChI=1S/C13H24Si/c1-5-6-7-8-9-10-11-12-13-14(2,3)4/h5,9-12H,1,6-8,13H2,2-4H3/b10-9+,12-11+. The number of hydrogen-bond donors (Lipinski definition) is 0. The van der Waals surface area contributed by atoms with Crippen molar-refractivity contribution in [3.63, 3.8) is 0 Å². The van der Waals surface area contributed by atoms with Crippen LogP contribution in [-0.2, 0) is 0 Å². The van der Waals surface area contributed by atoms with Crippen LogP contribution in [0, 0.1) is 0 Å². The van der Waals surface area contributed by atoms with Gasteiger partial charge in [0, 0.05) is 8.07 Å². The van der Waals surface area contributed by atoms with E-state index in [1.165, 1.54) is 18.9 Å². The van der Waals surface area contributed by atoms with E-state index in [1.807, 2.05) is 6.08 Å². The van der Waals surface area contributed by atoms with Crippen LogP contribution in [0.4, 0.5) is 0 Å². The van der Waals surface area contributed by atoms with Gasteiger partial charge in [-0.2, -0.15) is 0 Å². The highest BCUT2D eigenvalue weighted by atomic mass is 28.3. The average molecular weight is 208 g/mol. The molecule has 0 aromatic rings. The molecule has 0 unspecified atom stereocenters. The fourth-order valence-corrected chi connectivity index (χ4v) is 1.90. The Labute approximate surface area is 90.4 Å². The maximum absolute atomic E-state index is 3.70. The Morgan fingerprint density at radius 1 is 1.00 bits per heavy atom. The molecule has 80 valence electrons. The van der Waals surface area contributed by atoms with E-state index in [-0.39, 0.29) is 0 Å². The molecule has 1 heteroatoms. The molecular weight excluding hydrogens is 184 g/mol. The van der Waals surface area contributed by atoms with Gasteiger partial charge >= 0.3 is 0 Å². The molecule has 0 amide bonds. The van der Waals surface area contributed by atoms with Gasteiger partial charge in [0.1, 0.15) is 0 Å². The highest BCUT2D eigenvalue weighted by Crippen LogP contribution is 2.08. The number of unbranched alkanes of at least 4 members (excludes halogenated alkanes) is 2. The second-order valence-corrected chi connectivity index (χ2v) is 10.4. The minimum atomic E-state index is -0.872. The van der Waals surface area contributed by atoms with E-state index in [9.17, 15) is 0 Å². The molecular formula is C13H24Si. The van der Waals surface area contributed by atoms with Gasteiger partial charge in [-0.3, -0.25) is 0 Å². The van der Waals surface area contributed by atoms with Crippen LogP contribution < -0.4 is 0 Å². The lowest BCUT2D eigenvalue weighted by molar-refractivity contribution is 0.870. The lowest BCUT2D eigenvalue weighted by Crippen LogP contribution is -2.17. The second-order valence-electron chi connectivity index (χ2n) is 4.84. The Balaban J connectivity index is 3.46. The smallest absolute Gasteiger partial charge is 0.0480 e. The second kappa shape index (κ2) is 7.81. The summed E-state index contributed by atoms with van der Waals surface area (Å²) in [5, 5.41) is 0. The molecule has 0 nitrogen and oxygen atoms in total. The van der Waals surface area contributed by atoms with Crippen molar-refractivity contribution >= 4 is 8.07 Å². The Hall–Kier alpha value is -0.563. The van der Waals surface area contributed by atoms with Crippen LogP contribution in [0.25, 0.3) is 0 Å². The molecule has 0 saturated carbocycles. The topological polar surface area (TPSA) is 0 Å². The summed E-state index contributed by atoms with van der Waals surface area (Å²) < 4.78 is 0. The average Bonchev–Trinajstić information content (AvgIpc) is 2.08. The van der Waals surface area contributed by atoms with Gasteiger partial charge in [0.25, 0.3) is 0 Å². The zero-order chi connectivity index (χ0) is 10.9. The molecule has 0 aromatic heterocycles. The molecule has 0 aliphatic heterocycles. The monoisotopic (exact) mass is 208 g/mol. The fourth-order valence-electron chi connectivity index (χ4n) is 1.05. The van der Waals surface area contributed by atoms with Gasteiger partial charge in [0.2, 0.25) is 0 Å². The van der Waals surface area contributed by atoms with E-state index in [4.69, 9.17) is 0 Å². The molecule has 0 saturated heterocycles. The first-order valence-corrected chi connectivity index (χ1v) is 9.19. The molecule has 0 aromatic carbocycles. The first-order chi connectivity index (χ1) is 6.56. The van der Waals surface area contributed by atoms with E-state index in [1.54, 1.807) is 0 Å². The maximum atomic E-state index is 3.70. The zero-order valence-electron chi connectivity index (χ0n) is 9.92. The largest absolute Gasteiger partial charge is 0.103 e. The zero-order valence-corrected chi connectivity index (χ0v) is 10.9. The number of rotatable bonds is 7. The third-order valence-electron chi connectivity index (χ3n) is 1.89. The normalized spacial score (nSPS) is 12.8. The summed E-state index contributed by atoms with van der Waals surface area (Å²) in [4.78, 5) is 0. The van der Waals surface area contributed by atoms with Gasteiger partial charge < -0.3 is 0 Å². The predicted molar refractivity (Wildman–Crippen MR) is 70.5 cm³/mol.